The molecule has 0 spiro atoms. The third kappa shape index (κ3) is 2.90. The van der Waals surface area contributed by atoms with Crippen LogP contribution in [0.5, 0.6) is 0 Å². The Morgan fingerprint density at radius 2 is 2.17 bits per heavy atom. The molecule has 12 heavy (non-hydrogen) atoms. The summed E-state index contributed by atoms with van der Waals surface area (Å²) < 4.78 is 0. The first kappa shape index (κ1) is 10.9. The number of nitrogens with zero attached hydrogens (tertiary/aromatic N) is 1. The molecule has 1 amide bonds. The summed E-state index contributed by atoms with van der Waals surface area (Å²) in [7, 11) is 1.09. The number of rotatable bonds is 3. The standard InChI is InChI=1S/C7H12BNO3/c1-3-5-9(6(10)4-2)7(8,11)12/h3-5,11-12H,2,8H2,1H3/b5-3-. The van der Waals surface area contributed by atoms with Crippen LogP contribution in [-0.2, 0) is 4.79 Å². The summed E-state index contributed by atoms with van der Waals surface area (Å²) in [5, 5.41) is 18.1. The Balaban J connectivity index is 4.67. The lowest BCUT2D eigenvalue weighted by Gasteiger charge is -2.28. The maximum atomic E-state index is 11.0. The third-order valence-corrected chi connectivity index (χ3v) is 1.17. The van der Waals surface area contributed by atoms with Gasteiger partial charge in [-0.05, 0) is 13.0 Å². The number of amides is 1. The molecule has 0 atom stereocenters. The van der Waals surface area contributed by atoms with Gasteiger partial charge in [0.15, 0.2) is 0 Å². The zero-order valence-corrected chi connectivity index (χ0v) is 7.19. The molecule has 0 aliphatic carbocycles. The van der Waals surface area contributed by atoms with E-state index >= 15 is 0 Å². The van der Waals surface area contributed by atoms with Gasteiger partial charge in [0.2, 0.25) is 13.7 Å². The van der Waals surface area contributed by atoms with Crippen LogP contribution in [0, 0.1) is 0 Å². The molecule has 0 aliphatic heterocycles. The van der Waals surface area contributed by atoms with E-state index in [9.17, 15) is 4.79 Å². The van der Waals surface area contributed by atoms with Crippen LogP contribution < -0.4 is 0 Å². The van der Waals surface area contributed by atoms with Crippen LogP contribution in [0.25, 0.3) is 0 Å². The van der Waals surface area contributed by atoms with E-state index in [4.69, 9.17) is 10.2 Å². The van der Waals surface area contributed by atoms with Crippen LogP contribution in [0.3, 0.4) is 0 Å². The number of carbonyl (C=O) groups excluding carboxylic acids is 1. The molecule has 0 rings (SSSR count). The van der Waals surface area contributed by atoms with Gasteiger partial charge in [-0.1, -0.05) is 12.7 Å². The summed E-state index contributed by atoms with van der Waals surface area (Å²) in [6.07, 6.45) is 3.79. The molecule has 0 saturated carbocycles. The van der Waals surface area contributed by atoms with Crippen molar-refractivity contribution in [2.45, 2.75) is 12.7 Å². The van der Waals surface area contributed by atoms with Crippen molar-refractivity contribution in [3.05, 3.63) is 24.9 Å². The topological polar surface area (TPSA) is 60.8 Å². The van der Waals surface area contributed by atoms with E-state index in [1.54, 1.807) is 6.92 Å². The maximum absolute atomic E-state index is 11.0. The van der Waals surface area contributed by atoms with Crippen LogP contribution in [0.1, 0.15) is 6.92 Å². The molecule has 2 N–H and O–H groups in total. The van der Waals surface area contributed by atoms with Crippen LogP contribution in [-0.4, -0.2) is 34.7 Å². The van der Waals surface area contributed by atoms with E-state index in [0.717, 1.165) is 18.8 Å². The van der Waals surface area contributed by atoms with Gasteiger partial charge in [-0.25, -0.2) is 0 Å². The maximum Gasteiger partial charge on any atom is 0.253 e. The van der Waals surface area contributed by atoms with Crippen molar-refractivity contribution in [2.75, 3.05) is 0 Å². The summed E-state index contributed by atoms with van der Waals surface area (Å²) in [6.45, 7) is 4.89. The van der Waals surface area contributed by atoms with E-state index in [-0.39, 0.29) is 0 Å². The predicted octanol–water partition coefficient (Wildman–Crippen LogP) is -1.24. The van der Waals surface area contributed by atoms with Crippen LogP contribution >= 0.6 is 0 Å². The highest BCUT2D eigenvalue weighted by molar-refractivity contribution is 6.14. The average molecular weight is 169 g/mol. The molecule has 0 heterocycles. The minimum absolute atomic E-state index is 0.569. The zero-order chi connectivity index (χ0) is 9.78. The Morgan fingerprint density at radius 3 is 2.42 bits per heavy atom. The van der Waals surface area contributed by atoms with Crippen molar-refractivity contribution < 1.29 is 15.0 Å². The van der Waals surface area contributed by atoms with Crippen molar-refractivity contribution in [3.63, 3.8) is 0 Å². The van der Waals surface area contributed by atoms with Gasteiger partial charge in [-0.3, -0.25) is 9.69 Å². The lowest BCUT2D eigenvalue weighted by atomic mass is 10.0. The smallest absolute Gasteiger partial charge is 0.253 e. The van der Waals surface area contributed by atoms with Crippen molar-refractivity contribution in [3.8, 4) is 0 Å². The number of allylic oxidation sites excluding steroid dienone is 1. The molecule has 0 aromatic heterocycles. The van der Waals surface area contributed by atoms with E-state index in [1.807, 2.05) is 0 Å². The summed E-state index contributed by atoms with van der Waals surface area (Å²) in [5.74, 6) is -2.75. The van der Waals surface area contributed by atoms with Gasteiger partial charge >= 0.3 is 0 Å². The minimum atomic E-state index is -2.18. The largest absolute Gasteiger partial charge is 0.357 e. The van der Waals surface area contributed by atoms with E-state index < -0.39 is 11.7 Å². The van der Waals surface area contributed by atoms with Gasteiger partial charge < -0.3 is 10.2 Å². The normalized spacial score (nSPS) is 11.6. The lowest BCUT2D eigenvalue weighted by molar-refractivity contribution is -0.185. The highest BCUT2D eigenvalue weighted by Crippen LogP contribution is 2.05. The highest BCUT2D eigenvalue weighted by atomic mass is 16.5. The molecule has 0 aliphatic rings. The van der Waals surface area contributed by atoms with E-state index in [2.05, 4.69) is 6.58 Å². The Labute approximate surface area is 72.2 Å². The minimum Gasteiger partial charge on any atom is -0.357 e. The third-order valence-electron chi connectivity index (χ3n) is 1.17. The summed E-state index contributed by atoms with van der Waals surface area (Å²) in [4.78, 5) is 11.7. The molecule has 0 unspecified atom stereocenters. The predicted molar refractivity (Wildman–Crippen MR) is 47.6 cm³/mol. The van der Waals surface area contributed by atoms with Gasteiger partial charge in [0.05, 0.1) is 0 Å². The second-order valence-electron chi connectivity index (χ2n) is 2.37. The Kier molecular flexibility index (Phi) is 3.72. The molecule has 5 heteroatoms. The first-order valence-electron chi connectivity index (χ1n) is 3.46. The van der Waals surface area contributed by atoms with E-state index in [0.29, 0.717) is 0 Å². The fraction of sp³-hybridized carbons (Fsp3) is 0.286. The molecular formula is C7H12BNO3. The van der Waals surface area contributed by atoms with Crippen molar-refractivity contribution in [2.24, 2.45) is 0 Å². The molecule has 0 aromatic carbocycles. The molecule has 0 aromatic rings. The molecule has 4 nitrogen and oxygen atoms in total. The summed E-state index contributed by atoms with van der Waals surface area (Å²) >= 11 is 0. The zero-order valence-electron chi connectivity index (χ0n) is 7.19. The monoisotopic (exact) mass is 169 g/mol. The summed E-state index contributed by atoms with van der Waals surface area (Å²) in [6, 6.07) is 0. The molecule has 66 valence electrons. The average Bonchev–Trinajstić information content (AvgIpc) is 1.96. The number of carbonyl (C=O) groups is 1. The highest BCUT2D eigenvalue weighted by Gasteiger charge is 2.26. The number of aliphatic hydroxyl groups is 2. The fourth-order valence-electron chi connectivity index (χ4n) is 0.671. The van der Waals surface area contributed by atoms with Crippen molar-refractivity contribution in [1.82, 2.24) is 4.90 Å². The van der Waals surface area contributed by atoms with Gasteiger partial charge in [-0.2, -0.15) is 0 Å². The van der Waals surface area contributed by atoms with E-state index in [1.165, 1.54) is 12.3 Å². The Hall–Kier alpha value is -1.07. The Bertz CT molecular complexity index is 207. The molecule has 0 fully saturated rings. The lowest BCUT2D eigenvalue weighted by Crippen LogP contribution is -2.48. The van der Waals surface area contributed by atoms with Crippen LogP contribution in [0.2, 0.25) is 0 Å². The van der Waals surface area contributed by atoms with Crippen molar-refractivity contribution in [1.29, 1.82) is 0 Å². The second kappa shape index (κ2) is 4.08. The van der Waals surface area contributed by atoms with Gasteiger partial charge in [0.25, 0.3) is 5.91 Å². The first-order valence-corrected chi connectivity index (χ1v) is 3.46. The fourth-order valence-corrected chi connectivity index (χ4v) is 0.671. The SMILES string of the molecule is BC(O)(O)N(/C=C\C)C(=O)C=C. The number of hydrogen-bond acceptors (Lipinski definition) is 3. The van der Waals surface area contributed by atoms with Gasteiger partial charge in [0.1, 0.15) is 0 Å². The van der Waals surface area contributed by atoms with Crippen molar-refractivity contribution >= 4 is 13.8 Å². The molecular weight excluding hydrogens is 157 g/mol. The number of hydrogen-bond donors (Lipinski definition) is 2. The van der Waals surface area contributed by atoms with Crippen LogP contribution in [0.15, 0.2) is 24.9 Å². The first-order chi connectivity index (χ1) is 5.43. The second-order valence-corrected chi connectivity index (χ2v) is 2.37. The van der Waals surface area contributed by atoms with Gasteiger partial charge in [-0.15, -0.1) is 0 Å². The quantitative estimate of drug-likeness (QED) is 0.315. The van der Waals surface area contributed by atoms with Crippen LogP contribution in [0.4, 0.5) is 0 Å². The molecule has 0 bridgehead atoms. The summed E-state index contributed by atoms with van der Waals surface area (Å²) in [5.41, 5.74) is 0. The molecule has 0 saturated heterocycles. The van der Waals surface area contributed by atoms with Gasteiger partial charge in [0, 0.05) is 6.20 Å². The molecule has 0 radical (unpaired) electrons. The Morgan fingerprint density at radius 1 is 1.67 bits per heavy atom.